The minimum absolute atomic E-state index is 0.442. The molecule has 0 amide bonds. The van der Waals surface area contributed by atoms with Crippen molar-refractivity contribution in [3.63, 3.8) is 0 Å². The molecular weight excluding hydrogens is 192 g/mol. The zero-order valence-electron chi connectivity index (χ0n) is 9.66. The molecular formula is C10H18N4O. The standard InChI is InChI=1S/C10H18N4O/c1-6(2)5-15-10-8(11)9(12-4)13-7(3)14-10/h6H,5,11H2,1-4H3,(H,12,13,14). The van der Waals surface area contributed by atoms with Gasteiger partial charge in [0.1, 0.15) is 11.5 Å². The van der Waals surface area contributed by atoms with Crippen molar-refractivity contribution >= 4 is 11.5 Å². The molecule has 1 aromatic rings. The van der Waals surface area contributed by atoms with Gasteiger partial charge in [-0.15, -0.1) is 0 Å². The molecule has 0 spiro atoms. The second-order valence-corrected chi connectivity index (χ2v) is 3.79. The van der Waals surface area contributed by atoms with E-state index in [1.54, 1.807) is 7.05 Å². The van der Waals surface area contributed by atoms with Crippen LogP contribution in [0.5, 0.6) is 5.88 Å². The quantitative estimate of drug-likeness (QED) is 0.786. The molecule has 5 nitrogen and oxygen atoms in total. The molecule has 1 rings (SSSR count). The van der Waals surface area contributed by atoms with E-state index in [0.717, 1.165) is 0 Å². The maximum Gasteiger partial charge on any atom is 0.242 e. The van der Waals surface area contributed by atoms with Crippen molar-refractivity contribution in [3.8, 4) is 5.88 Å². The fourth-order valence-electron chi connectivity index (χ4n) is 1.10. The normalized spacial score (nSPS) is 10.5. The third kappa shape index (κ3) is 2.97. The summed E-state index contributed by atoms with van der Waals surface area (Å²) in [5, 5.41) is 2.91. The van der Waals surface area contributed by atoms with Gasteiger partial charge >= 0.3 is 0 Å². The van der Waals surface area contributed by atoms with E-state index in [9.17, 15) is 0 Å². The number of hydrogen-bond acceptors (Lipinski definition) is 5. The zero-order chi connectivity index (χ0) is 11.4. The van der Waals surface area contributed by atoms with Crippen molar-refractivity contribution in [2.75, 3.05) is 24.7 Å². The number of nitrogen functional groups attached to an aromatic ring is 1. The molecule has 5 heteroatoms. The minimum atomic E-state index is 0.442. The summed E-state index contributed by atoms with van der Waals surface area (Å²) < 4.78 is 5.51. The molecule has 0 atom stereocenters. The molecule has 0 aromatic carbocycles. The lowest BCUT2D eigenvalue weighted by Crippen LogP contribution is -2.10. The first-order valence-electron chi connectivity index (χ1n) is 4.99. The van der Waals surface area contributed by atoms with Crippen LogP contribution in [-0.4, -0.2) is 23.6 Å². The molecule has 0 radical (unpaired) electrons. The molecule has 0 bridgehead atoms. The summed E-state index contributed by atoms with van der Waals surface area (Å²) in [6.07, 6.45) is 0. The smallest absolute Gasteiger partial charge is 0.242 e. The lowest BCUT2D eigenvalue weighted by Gasteiger charge is -2.12. The molecule has 0 saturated carbocycles. The lowest BCUT2D eigenvalue weighted by atomic mass is 10.2. The average molecular weight is 210 g/mol. The number of nitrogens with two attached hydrogens (primary N) is 1. The van der Waals surface area contributed by atoms with Crippen molar-refractivity contribution in [1.29, 1.82) is 0 Å². The molecule has 0 aliphatic rings. The zero-order valence-corrected chi connectivity index (χ0v) is 9.66. The maximum atomic E-state index is 5.84. The van der Waals surface area contributed by atoms with E-state index in [0.29, 0.717) is 35.7 Å². The maximum absolute atomic E-state index is 5.84. The summed E-state index contributed by atoms with van der Waals surface area (Å²) in [6.45, 7) is 6.55. The van der Waals surface area contributed by atoms with Crippen LogP contribution in [0.1, 0.15) is 19.7 Å². The van der Waals surface area contributed by atoms with Crippen LogP contribution in [0.3, 0.4) is 0 Å². The second kappa shape index (κ2) is 4.82. The van der Waals surface area contributed by atoms with Gasteiger partial charge in [-0.05, 0) is 12.8 Å². The molecule has 15 heavy (non-hydrogen) atoms. The summed E-state index contributed by atoms with van der Waals surface area (Å²) in [5.74, 6) is 2.16. The van der Waals surface area contributed by atoms with Crippen molar-refractivity contribution in [2.45, 2.75) is 20.8 Å². The van der Waals surface area contributed by atoms with Crippen molar-refractivity contribution < 1.29 is 4.74 Å². The summed E-state index contributed by atoms with van der Waals surface area (Å²) in [7, 11) is 1.77. The molecule has 84 valence electrons. The van der Waals surface area contributed by atoms with Crippen LogP contribution in [0.4, 0.5) is 11.5 Å². The van der Waals surface area contributed by atoms with Gasteiger partial charge in [-0.1, -0.05) is 13.8 Å². The Morgan fingerprint density at radius 3 is 2.60 bits per heavy atom. The predicted octanol–water partition coefficient (Wildman–Crippen LogP) is 1.44. The number of aromatic nitrogens is 2. The average Bonchev–Trinajstić information content (AvgIpc) is 2.18. The van der Waals surface area contributed by atoms with Gasteiger partial charge in [0.2, 0.25) is 5.88 Å². The first-order valence-corrected chi connectivity index (χ1v) is 4.99. The van der Waals surface area contributed by atoms with Crippen LogP contribution in [0, 0.1) is 12.8 Å². The van der Waals surface area contributed by atoms with E-state index in [4.69, 9.17) is 10.5 Å². The van der Waals surface area contributed by atoms with Crippen LogP contribution in [0.2, 0.25) is 0 Å². The monoisotopic (exact) mass is 210 g/mol. The van der Waals surface area contributed by atoms with Gasteiger partial charge in [0.05, 0.1) is 6.61 Å². The number of nitrogens with zero attached hydrogens (tertiary/aromatic N) is 2. The van der Waals surface area contributed by atoms with Gasteiger partial charge in [-0.2, -0.15) is 4.98 Å². The third-order valence-electron chi connectivity index (χ3n) is 1.81. The van der Waals surface area contributed by atoms with Crippen LogP contribution in [-0.2, 0) is 0 Å². The minimum Gasteiger partial charge on any atom is -0.476 e. The van der Waals surface area contributed by atoms with Crippen LogP contribution in [0.25, 0.3) is 0 Å². The van der Waals surface area contributed by atoms with Gasteiger partial charge in [0, 0.05) is 7.05 Å². The van der Waals surface area contributed by atoms with Crippen molar-refractivity contribution in [1.82, 2.24) is 9.97 Å². The molecule has 0 aliphatic heterocycles. The van der Waals surface area contributed by atoms with E-state index in [2.05, 4.69) is 29.1 Å². The van der Waals surface area contributed by atoms with Crippen LogP contribution in [0.15, 0.2) is 0 Å². The first-order chi connectivity index (χ1) is 7.04. The molecule has 0 aliphatic carbocycles. The van der Waals surface area contributed by atoms with E-state index in [-0.39, 0.29) is 0 Å². The molecule has 0 saturated heterocycles. The number of hydrogen-bond donors (Lipinski definition) is 2. The number of aryl methyl sites for hydroxylation is 1. The number of nitrogens with one attached hydrogen (secondary N) is 1. The Labute approximate surface area is 90.1 Å². The lowest BCUT2D eigenvalue weighted by molar-refractivity contribution is 0.262. The highest BCUT2D eigenvalue weighted by molar-refractivity contribution is 5.66. The Balaban J connectivity index is 2.91. The summed E-state index contributed by atoms with van der Waals surface area (Å²) in [5.41, 5.74) is 6.30. The van der Waals surface area contributed by atoms with Gasteiger partial charge in [0.25, 0.3) is 0 Å². The number of rotatable bonds is 4. The highest BCUT2D eigenvalue weighted by atomic mass is 16.5. The summed E-state index contributed by atoms with van der Waals surface area (Å²) >= 11 is 0. The Morgan fingerprint density at radius 1 is 1.40 bits per heavy atom. The first kappa shape index (κ1) is 11.6. The third-order valence-corrected chi connectivity index (χ3v) is 1.81. The van der Waals surface area contributed by atoms with Gasteiger partial charge in [-0.25, -0.2) is 4.98 Å². The molecule has 1 aromatic heterocycles. The predicted molar refractivity (Wildman–Crippen MR) is 61.1 cm³/mol. The Morgan fingerprint density at radius 2 is 2.07 bits per heavy atom. The fraction of sp³-hybridized carbons (Fsp3) is 0.600. The van der Waals surface area contributed by atoms with E-state index < -0.39 is 0 Å². The highest BCUT2D eigenvalue weighted by Crippen LogP contribution is 2.25. The summed E-state index contributed by atoms with van der Waals surface area (Å²) in [4.78, 5) is 8.31. The molecule has 0 unspecified atom stereocenters. The Kier molecular flexibility index (Phi) is 3.71. The van der Waals surface area contributed by atoms with Crippen LogP contribution < -0.4 is 15.8 Å². The van der Waals surface area contributed by atoms with Gasteiger partial charge in [-0.3, -0.25) is 0 Å². The Bertz CT molecular complexity index is 338. The molecule has 1 heterocycles. The van der Waals surface area contributed by atoms with Crippen molar-refractivity contribution in [3.05, 3.63) is 5.82 Å². The van der Waals surface area contributed by atoms with E-state index in [1.807, 2.05) is 6.92 Å². The van der Waals surface area contributed by atoms with Crippen LogP contribution >= 0.6 is 0 Å². The van der Waals surface area contributed by atoms with Gasteiger partial charge < -0.3 is 15.8 Å². The van der Waals surface area contributed by atoms with E-state index >= 15 is 0 Å². The topological polar surface area (TPSA) is 73.1 Å². The highest BCUT2D eigenvalue weighted by Gasteiger charge is 2.10. The number of ether oxygens (including phenoxy) is 1. The SMILES string of the molecule is CNc1nc(C)nc(OCC(C)C)c1N. The number of anilines is 2. The van der Waals surface area contributed by atoms with E-state index in [1.165, 1.54) is 0 Å². The Hall–Kier alpha value is -1.52. The molecule has 3 N–H and O–H groups in total. The summed E-state index contributed by atoms with van der Waals surface area (Å²) in [6, 6.07) is 0. The second-order valence-electron chi connectivity index (χ2n) is 3.79. The molecule has 0 fully saturated rings. The largest absolute Gasteiger partial charge is 0.476 e. The van der Waals surface area contributed by atoms with Crippen molar-refractivity contribution in [2.24, 2.45) is 5.92 Å². The fourth-order valence-corrected chi connectivity index (χ4v) is 1.10. The van der Waals surface area contributed by atoms with Gasteiger partial charge in [0.15, 0.2) is 5.82 Å².